The van der Waals surface area contributed by atoms with Crippen LogP contribution in [-0.4, -0.2) is 46.1 Å². The van der Waals surface area contributed by atoms with E-state index in [0.29, 0.717) is 30.9 Å². The van der Waals surface area contributed by atoms with Gasteiger partial charge in [-0.2, -0.15) is 5.26 Å². The van der Waals surface area contributed by atoms with Crippen LogP contribution in [0, 0.1) is 11.3 Å². The molecule has 21 heavy (non-hydrogen) atoms. The number of hydrogen-bond acceptors (Lipinski definition) is 5. The molecule has 7 nitrogen and oxygen atoms in total. The van der Waals surface area contributed by atoms with Crippen LogP contribution in [0.15, 0.2) is 5.38 Å². The third kappa shape index (κ3) is 4.43. The molecule has 0 aliphatic heterocycles. The van der Waals surface area contributed by atoms with Crippen LogP contribution in [0.3, 0.4) is 0 Å². The van der Waals surface area contributed by atoms with E-state index in [9.17, 15) is 9.59 Å². The zero-order valence-electron chi connectivity index (χ0n) is 11.4. The van der Waals surface area contributed by atoms with Crippen molar-refractivity contribution in [3.05, 3.63) is 16.1 Å². The Morgan fingerprint density at radius 3 is 2.90 bits per heavy atom. The van der Waals surface area contributed by atoms with Crippen molar-refractivity contribution in [3.8, 4) is 6.07 Å². The quantitative estimate of drug-likeness (QED) is 0.793. The molecule has 1 heterocycles. The zero-order chi connectivity index (χ0) is 15.2. The lowest BCUT2D eigenvalue weighted by molar-refractivity contribution is 0.0691. The number of aromatic carboxylic acids is 1. The number of carboxylic acids is 1. The Bertz CT molecular complexity index is 562. The molecular weight excluding hydrogens is 292 g/mol. The van der Waals surface area contributed by atoms with Crippen LogP contribution < -0.4 is 5.32 Å². The first kappa shape index (κ1) is 15.3. The van der Waals surface area contributed by atoms with Crippen molar-refractivity contribution in [1.82, 2.24) is 15.2 Å². The second kappa shape index (κ2) is 7.04. The van der Waals surface area contributed by atoms with Gasteiger partial charge in [-0.15, -0.1) is 11.3 Å². The molecular formula is C13H16N4O3S. The minimum atomic E-state index is -1.04. The highest BCUT2D eigenvalue weighted by Gasteiger charge is 2.31. The summed E-state index contributed by atoms with van der Waals surface area (Å²) in [5, 5.41) is 22.4. The van der Waals surface area contributed by atoms with Crippen molar-refractivity contribution in [2.45, 2.75) is 31.7 Å². The second-order valence-electron chi connectivity index (χ2n) is 4.75. The molecule has 0 radical (unpaired) electrons. The van der Waals surface area contributed by atoms with Crippen molar-refractivity contribution >= 4 is 23.3 Å². The van der Waals surface area contributed by atoms with Gasteiger partial charge in [0.1, 0.15) is 0 Å². The first-order valence-corrected chi connectivity index (χ1v) is 7.59. The molecule has 0 bridgehead atoms. The van der Waals surface area contributed by atoms with Crippen LogP contribution in [0.5, 0.6) is 0 Å². The van der Waals surface area contributed by atoms with Gasteiger partial charge in [-0.3, -0.25) is 0 Å². The number of carboxylic acid groups (broad SMARTS) is 1. The lowest BCUT2D eigenvalue weighted by Gasteiger charge is -2.21. The molecule has 2 amide bonds. The molecule has 1 aromatic rings. The molecule has 1 saturated carbocycles. The summed E-state index contributed by atoms with van der Waals surface area (Å²) in [6.07, 6.45) is 2.82. The molecule has 1 aromatic heterocycles. The number of nitrogens with zero attached hydrogens (tertiary/aromatic N) is 3. The van der Waals surface area contributed by atoms with Gasteiger partial charge in [0.25, 0.3) is 0 Å². The molecule has 112 valence electrons. The predicted molar refractivity (Wildman–Crippen MR) is 76.1 cm³/mol. The summed E-state index contributed by atoms with van der Waals surface area (Å²) in [6.45, 7) is 0.856. The average Bonchev–Trinajstić information content (AvgIpc) is 3.17. The number of hydrogen-bond donors (Lipinski definition) is 2. The number of carbonyl (C=O) groups excluding carboxylic acids is 1. The summed E-state index contributed by atoms with van der Waals surface area (Å²) in [5.41, 5.74) is 0.0370. The Labute approximate surface area is 126 Å². The Balaban J connectivity index is 1.77. The van der Waals surface area contributed by atoms with Gasteiger partial charge < -0.3 is 15.3 Å². The lowest BCUT2D eigenvalue weighted by Crippen LogP contribution is -2.42. The molecule has 2 N–H and O–H groups in total. The second-order valence-corrected chi connectivity index (χ2v) is 5.69. The SMILES string of the molecule is N#CCCN(C(=O)NCCc1nc(C(=O)O)cs1)C1CC1. The van der Waals surface area contributed by atoms with Gasteiger partial charge >= 0.3 is 12.0 Å². The van der Waals surface area contributed by atoms with E-state index < -0.39 is 5.97 Å². The summed E-state index contributed by atoms with van der Waals surface area (Å²) in [7, 11) is 0. The Hall–Kier alpha value is -2.14. The van der Waals surface area contributed by atoms with E-state index in [-0.39, 0.29) is 17.8 Å². The Morgan fingerprint density at radius 2 is 2.33 bits per heavy atom. The van der Waals surface area contributed by atoms with Crippen molar-refractivity contribution in [2.24, 2.45) is 0 Å². The minimum absolute atomic E-state index is 0.0370. The highest BCUT2D eigenvalue weighted by Crippen LogP contribution is 2.26. The minimum Gasteiger partial charge on any atom is -0.476 e. The van der Waals surface area contributed by atoms with Crippen molar-refractivity contribution in [3.63, 3.8) is 0 Å². The lowest BCUT2D eigenvalue weighted by atomic mass is 10.4. The zero-order valence-corrected chi connectivity index (χ0v) is 12.2. The fraction of sp³-hybridized carbons (Fsp3) is 0.538. The largest absolute Gasteiger partial charge is 0.476 e. The van der Waals surface area contributed by atoms with E-state index in [2.05, 4.69) is 10.3 Å². The van der Waals surface area contributed by atoms with Gasteiger partial charge in [-0.25, -0.2) is 14.6 Å². The summed E-state index contributed by atoms with van der Waals surface area (Å²) < 4.78 is 0. The Kier molecular flexibility index (Phi) is 5.11. The normalized spacial score (nSPS) is 13.5. The van der Waals surface area contributed by atoms with Crippen molar-refractivity contribution in [2.75, 3.05) is 13.1 Å². The van der Waals surface area contributed by atoms with E-state index in [1.807, 2.05) is 6.07 Å². The molecule has 1 aliphatic rings. The third-order valence-corrected chi connectivity index (χ3v) is 4.01. The maximum atomic E-state index is 12.0. The molecule has 0 unspecified atom stereocenters. The van der Waals surface area contributed by atoms with Crippen molar-refractivity contribution in [1.29, 1.82) is 5.26 Å². The summed E-state index contributed by atoms with van der Waals surface area (Å²) >= 11 is 1.27. The number of nitrogens with one attached hydrogen (secondary N) is 1. The maximum absolute atomic E-state index is 12.0. The van der Waals surface area contributed by atoms with Gasteiger partial charge in [0.05, 0.1) is 17.5 Å². The summed E-state index contributed by atoms with van der Waals surface area (Å²) in [5.74, 6) is -1.04. The molecule has 0 spiro atoms. The monoisotopic (exact) mass is 308 g/mol. The molecule has 0 atom stereocenters. The predicted octanol–water partition coefficient (Wildman–Crippen LogP) is 1.47. The van der Waals surface area contributed by atoms with Gasteiger partial charge in [-0.1, -0.05) is 0 Å². The standard InChI is InChI=1S/C13H16N4O3S/c14-5-1-7-17(9-2-3-9)13(20)15-6-4-11-16-10(8-21-11)12(18)19/h8-9H,1-4,6-7H2,(H,15,20)(H,18,19). The molecule has 0 saturated heterocycles. The molecule has 2 rings (SSSR count). The fourth-order valence-corrected chi connectivity index (χ4v) is 2.68. The average molecular weight is 308 g/mol. The molecule has 8 heteroatoms. The molecule has 1 aliphatic carbocycles. The van der Waals surface area contributed by atoms with E-state index in [1.165, 1.54) is 16.7 Å². The topological polar surface area (TPSA) is 106 Å². The number of urea groups is 1. The summed E-state index contributed by atoms with van der Waals surface area (Å²) in [6, 6.07) is 2.14. The van der Waals surface area contributed by atoms with E-state index >= 15 is 0 Å². The van der Waals surface area contributed by atoms with Crippen LogP contribution in [0.2, 0.25) is 0 Å². The third-order valence-electron chi connectivity index (χ3n) is 3.10. The van der Waals surface area contributed by atoms with E-state index in [4.69, 9.17) is 10.4 Å². The van der Waals surface area contributed by atoms with Crippen LogP contribution >= 0.6 is 11.3 Å². The van der Waals surface area contributed by atoms with E-state index in [1.54, 1.807) is 4.90 Å². The first-order chi connectivity index (χ1) is 10.1. The first-order valence-electron chi connectivity index (χ1n) is 6.71. The maximum Gasteiger partial charge on any atom is 0.355 e. The summed E-state index contributed by atoms with van der Waals surface area (Å²) in [4.78, 5) is 28.4. The number of rotatable bonds is 7. The number of aromatic nitrogens is 1. The van der Waals surface area contributed by atoms with Gasteiger partial charge in [-0.05, 0) is 12.8 Å². The van der Waals surface area contributed by atoms with Crippen molar-refractivity contribution < 1.29 is 14.7 Å². The highest BCUT2D eigenvalue weighted by atomic mass is 32.1. The van der Waals surface area contributed by atoms with Crippen LogP contribution in [-0.2, 0) is 6.42 Å². The van der Waals surface area contributed by atoms with Crippen LogP contribution in [0.1, 0.15) is 34.8 Å². The number of thiazole rings is 1. The Morgan fingerprint density at radius 1 is 1.57 bits per heavy atom. The smallest absolute Gasteiger partial charge is 0.355 e. The van der Waals surface area contributed by atoms with Gasteiger partial charge in [0.2, 0.25) is 0 Å². The molecule has 0 aromatic carbocycles. The van der Waals surface area contributed by atoms with Gasteiger partial charge in [0, 0.05) is 30.9 Å². The molecule has 1 fully saturated rings. The van der Waals surface area contributed by atoms with E-state index in [0.717, 1.165) is 12.8 Å². The van der Waals surface area contributed by atoms with Gasteiger partial charge in [0.15, 0.2) is 5.69 Å². The number of amides is 2. The number of nitriles is 1. The highest BCUT2D eigenvalue weighted by molar-refractivity contribution is 7.09. The van der Waals surface area contributed by atoms with Crippen LogP contribution in [0.25, 0.3) is 0 Å². The van der Waals surface area contributed by atoms with Crippen LogP contribution in [0.4, 0.5) is 4.79 Å². The fourth-order valence-electron chi connectivity index (χ4n) is 1.91. The number of carbonyl (C=O) groups is 2.